The van der Waals surface area contributed by atoms with Gasteiger partial charge in [0.15, 0.2) is 0 Å². The standard InChI is InChI=1S/C7H16.C4H6N2/c1-3-5-7-6-4-2;1-6-3-2-5-4-6/h3-7H2,1-2H3;2-4H,1H3. The number of aromatic nitrogens is 2. The zero-order chi connectivity index (χ0) is 9.94. The van der Waals surface area contributed by atoms with Crippen LogP contribution in [-0.4, -0.2) is 9.55 Å². The predicted octanol–water partition coefficient (Wildman–Crippen LogP) is 3.40. The van der Waals surface area contributed by atoms with Crippen LogP contribution in [0.15, 0.2) is 18.7 Å². The molecule has 1 heterocycles. The third kappa shape index (κ3) is 9.12. The molecule has 0 aromatic carbocycles. The summed E-state index contributed by atoms with van der Waals surface area (Å²) >= 11 is 0. The Morgan fingerprint density at radius 2 is 1.69 bits per heavy atom. The van der Waals surface area contributed by atoms with E-state index in [4.69, 9.17) is 0 Å². The highest BCUT2D eigenvalue weighted by Gasteiger charge is 1.80. The molecule has 0 saturated carbocycles. The summed E-state index contributed by atoms with van der Waals surface area (Å²) in [5.41, 5.74) is 0. The number of rotatable bonds is 4. The fraction of sp³-hybridized carbons (Fsp3) is 0.727. The second-order valence-corrected chi connectivity index (χ2v) is 3.29. The second kappa shape index (κ2) is 9.30. The van der Waals surface area contributed by atoms with Gasteiger partial charge in [-0.05, 0) is 0 Å². The average Bonchev–Trinajstić information content (AvgIpc) is 2.58. The van der Waals surface area contributed by atoms with Gasteiger partial charge in [-0.1, -0.05) is 46.0 Å². The minimum atomic E-state index is 1.36. The van der Waals surface area contributed by atoms with Gasteiger partial charge in [-0.15, -0.1) is 0 Å². The van der Waals surface area contributed by atoms with Crippen LogP contribution in [0.3, 0.4) is 0 Å². The SMILES string of the molecule is CCCCCCC.Cn1ccnc1. The summed E-state index contributed by atoms with van der Waals surface area (Å²) in [6, 6.07) is 0. The fourth-order valence-electron chi connectivity index (χ4n) is 1.00. The third-order valence-electron chi connectivity index (χ3n) is 1.84. The number of unbranched alkanes of at least 4 members (excludes halogenated alkanes) is 4. The molecule has 0 radical (unpaired) electrons. The van der Waals surface area contributed by atoms with Crippen LogP contribution in [0.5, 0.6) is 0 Å². The van der Waals surface area contributed by atoms with Crippen molar-refractivity contribution in [2.75, 3.05) is 0 Å². The van der Waals surface area contributed by atoms with Crippen molar-refractivity contribution in [3.8, 4) is 0 Å². The van der Waals surface area contributed by atoms with E-state index in [1.165, 1.54) is 32.1 Å². The minimum absolute atomic E-state index is 1.36. The van der Waals surface area contributed by atoms with Gasteiger partial charge in [0, 0.05) is 19.4 Å². The number of hydrogen-bond acceptors (Lipinski definition) is 1. The van der Waals surface area contributed by atoms with Crippen molar-refractivity contribution in [3.05, 3.63) is 18.7 Å². The van der Waals surface area contributed by atoms with Gasteiger partial charge in [0.05, 0.1) is 6.33 Å². The lowest BCUT2D eigenvalue weighted by Crippen LogP contribution is -1.76. The Bertz CT molecular complexity index is 164. The Morgan fingerprint density at radius 1 is 1.08 bits per heavy atom. The molecule has 0 bridgehead atoms. The normalized spacial score (nSPS) is 9.15. The summed E-state index contributed by atoms with van der Waals surface area (Å²) in [5.74, 6) is 0. The van der Waals surface area contributed by atoms with E-state index in [0.29, 0.717) is 0 Å². The quantitative estimate of drug-likeness (QED) is 0.653. The Hall–Kier alpha value is -0.790. The van der Waals surface area contributed by atoms with E-state index >= 15 is 0 Å². The first-order chi connectivity index (χ1) is 6.31. The molecule has 0 aliphatic carbocycles. The summed E-state index contributed by atoms with van der Waals surface area (Å²) in [6.07, 6.45) is 12.4. The molecule has 0 aliphatic heterocycles. The number of imidazole rings is 1. The zero-order valence-electron chi connectivity index (χ0n) is 9.16. The summed E-state index contributed by atoms with van der Waals surface area (Å²) in [5, 5.41) is 0. The van der Waals surface area contributed by atoms with Crippen molar-refractivity contribution >= 4 is 0 Å². The lowest BCUT2D eigenvalue weighted by atomic mass is 10.2. The van der Waals surface area contributed by atoms with Gasteiger partial charge in [-0.2, -0.15) is 0 Å². The molecule has 0 amide bonds. The summed E-state index contributed by atoms with van der Waals surface area (Å²) < 4.78 is 1.89. The zero-order valence-corrected chi connectivity index (χ0v) is 9.16. The van der Waals surface area contributed by atoms with Crippen LogP contribution in [0.1, 0.15) is 46.0 Å². The molecule has 1 aromatic heterocycles. The van der Waals surface area contributed by atoms with Crippen molar-refractivity contribution in [3.63, 3.8) is 0 Å². The van der Waals surface area contributed by atoms with E-state index in [-0.39, 0.29) is 0 Å². The van der Waals surface area contributed by atoms with Crippen LogP contribution in [0.25, 0.3) is 0 Å². The highest BCUT2D eigenvalue weighted by atomic mass is 15.0. The maximum atomic E-state index is 3.78. The van der Waals surface area contributed by atoms with Gasteiger partial charge in [0.1, 0.15) is 0 Å². The molecule has 0 N–H and O–H groups in total. The van der Waals surface area contributed by atoms with Crippen molar-refractivity contribution < 1.29 is 0 Å². The first-order valence-electron chi connectivity index (χ1n) is 5.23. The van der Waals surface area contributed by atoms with Crippen LogP contribution in [-0.2, 0) is 7.05 Å². The smallest absolute Gasteiger partial charge is 0.0943 e. The Kier molecular flexibility index (Phi) is 8.73. The van der Waals surface area contributed by atoms with Crippen LogP contribution >= 0.6 is 0 Å². The van der Waals surface area contributed by atoms with Gasteiger partial charge in [0.2, 0.25) is 0 Å². The monoisotopic (exact) mass is 182 g/mol. The van der Waals surface area contributed by atoms with Gasteiger partial charge < -0.3 is 4.57 Å². The minimum Gasteiger partial charge on any atom is -0.341 e. The summed E-state index contributed by atoms with van der Waals surface area (Å²) in [7, 11) is 1.94. The maximum absolute atomic E-state index is 3.78. The van der Waals surface area contributed by atoms with Crippen LogP contribution in [0.2, 0.25) is 0 Å². The van der Waals surface area contributed by atoms with Crippen molar-refractivity contribution in [1.29, 1.82) is 0 Å². The highest BCUT2D eigenvalue weighted by Crippen LogP contribution is 2.00. The van der Waals surface area contributed by atoms with Gasteiger partial charge >= 0.3 is 0 Å². The molecule has 13 heavy (non-hydrogen) atoms. The van der Waals surface area contributed by atoms with Crippen molar-refractivity contribution in [1.82, 2.24) is 9.55 Å². The largest absolute Gasteiger partial charge is 0.341 e. The lowest BCUT2D eigenvalue weighted by molar-refractivity contribution is 0.656. The molecule has 2 heteroatoms. The van der Waals surface area contributed by atoms with Crippen LogP contribution < -0.4 is 0 Å². The third-order valence-corrected chi connectivity index (χ3v) is 1.84. The van der Waals surface area contributed by atoms with Gasteiger partial charge in [-0.25, -0.2) is 4.98 Å². The maximum Gasteiger partial charge on any atom is 0.0943 e. The van der Waals surface area contributed by atoms with Crippen LogP contribution in [0, 0.1) is 0 Å². The topological polar surface area (TPSA) is 17.8 Å². The molecule has 76 valence electrons. The summed E-state index contributed by atoms with van der Waals surface area (Å²) in [6.45, 7) is 4.49. The van der Waals surface area contributed by atoms with E-state index in [9.17, 15) is 0 Å². The van der Waals surface area contributed by atoms with Gasteiger partial charge in [-0.3, -0.25) is 0 Å². The molecular weight excluding hydrogens is 160 g/mol. The molecule has 0 atom stereocenters. The molecule has 0 unspecified atom stereocenters. The Morgan fingerprint density at radius 3 is 1.92 bits per heavy atom. The average molecular weight is 182 g/mol. The molecule has 2 nitrogen and oxygen atoms in total. The Labute approximate surface area is 82.0 Å². The van der Waals surface area contributed by atoms with E-state index < -0.39 is 0 Å². The predicted molar refractivity (Wildman–Crippen MR) is 57.6 cm³/mol. The lowest BCUT2D eigenvalue weighted by Gasteiger charge is -1.90. The van der Waals surface area contributed by atoms with Crippen LogP contribution in [0.4, 0.5) is 0 Å². The first-order valence-corrected chi connectivity index (χ1v) is 5.23. The van der Waals surface area contributed by atoms with E-state index in [1.807, 2.05) is 17.8 Å². The highest BCUT2D eigenvalue weighted by molar-refractivity contribution is 4.70. The molecular formula is C11H22N2. The van der Waals surface area contributed by atoms with E-state index in [2.05, 4.69) is 18.8 Å². The van der Waals surface area contributed by atoms with Gasteiger partial charge in [0.25, 0.3) is 0 Å². The van der Waals surface area contributed by atoms with Crippen molar-refractivity contribution in [2.24, 2.45) is 7.05 Å². The number of aryl methyl sites for hydroxylation is 1. The van der Waals surface area contributed by atoms with E-state index in [1.54, 1.807) is 12.5 Å². The van der Waals surface area contributed by atoms with Crippen molar-refractivity contribution in [2.45, 2.75) is 46.0 Å². The Balaban J connectivity index is 0.000000223. The summed E-state index contributed by atoms with van der Waals surface area (Å²) in [4.78, 5) is 3.78. The molecule has 0 spiro atoms. The van der Waals surface area contributed by atoms with E-state index in [0.717, 1.165) is 0 Å². The number of hydrogen-bond donors (Lipinski definition) is 0. The molecule has 0 saturated heterocycles. The fourth-order valence-corrected chi connectivity index (χ4v) is 1.00. The molecule has 0 aliphatic rings. The number of nitrogens with zero attached hydrogens (tertiary/aromatic N) is 2. The second-order valence-electron chi connectivity index (χ2n) is 3.29. The molecule has 1 aromatic rings. The molecule has 1 rings (SSSR count). The molecule has 0 fully saturated rings. The first kappa shape index (κ1) is 12.2.